The van der Waals surface area contributed by atoms with Crippen molar-refractivity contribution >= 4 is 11.6 Å². The van der Waals surface area contributed by atoms with Gasteiger partial charge in [-0.2, -0.15) is 13.2 Å². The predicted octanol–water partition coefficient (Wildman–Crippen LogP) is 4.04. The molecular weight excluding hydrogens is 421 g/mol. The van der Waals surface area contributed by atoms with Gasteiger partial charge in [-0.15, -0.1) is 0 Å². The Morgan fingerprint density at radius 2 is 1.69 bits per heavy atom. The van der Waals surface area contributed by atoms with Crippen LogP contribution < -0.4 is 9.64 Å². The van der Waals surface area contributed by atoms with Crippen LogP contribution in [0.3, 0.4) is 0 Å². The Bertz CT molecular complexity index is 1070. The monoisotopic (exact) mass is 442 g/mol. The first-order valence-electron chi connectivity index (χ1n) is 10.1. The molecule has 2 aromatic carbocycles. The highest BCUT2D eigenvalue weighted by molar-refractivity contribution is 5.92. The van der Waals surface area contributed by atoms with Gasteiger partial charge < -0.3 is 14.5 Å². The van der Waals surface area contributed by atoms with Gasteiger partial charge in [0.25, 0.3) is 5.91 Å². The lowest BCUT2D eigenvalue weighted by atomic mass is 10.1. The van der Waals surface area contributed by atoms with Crippen molar-refractivity contribution in [2.24, 2.45) is 0 Å². The smallest absolute Gasteiger partial charge is 0.416 e. The van der Waals surface area contributed by atoms with Crippen LogP contribution in [0.2, 0.25) is 0 Å². The molecule has 32 heavy (non-hydrogen) atoms. The number of aromatic nitrogens is 2. The van der Waals surface area contributed by atoms with Gasteiger partial charge in [-0.05, 0) is 23.8 Å². The van der Waals surface area contributed by atoms with Crippen molar-refractivity contribution in [3.05, 3.63) is 83.8 Å². The van der Waals surface area contributed by atoms with Gasteiger partial charge in [-0.3, -0.25) is 4.79 Å². The van der Waals surface area contributed by atoms with Crippen LogP contribution in [-0.4, -0.2) is 47.0 Å². The summed E-state index contributed by atoms with van der Waals surface area (Å²) in [5.41, 5.74) is 1.00. The number of hydrogen-bond acceptors (Lipinski definition) is 5. The summed E-state index contributed by atoms with van der Waals surface area (Å²) in [4.78, 5) is 24.5. The topological polar surface area (TPSA) is 58.6 Å². The van der Waals surface area contributed by atoms with E-state index in [2.05, 4.69) is 9.97 Å². The van der Waals surface area contributed by atoms with Crippen molar-refractivity contribution in [1.82, 2.24) is 14.9 Å². The molecule has 166 valence electrons. The number of benzene rings is 2. The summed E-state index contributed by atoms with van der Waals surface area (Å²) < 4.78 is 44.6. The zero-order valence-electron chi connectivity index (χ0n) is 17.1. The van der Waals surface area contributed by atoms with E-state index in [1.165, 1.54) is 18.5 Å². The van der Waals surface area contributed by atoms with Crippen LogP contribution in [0.4, 0.5) is 18.9 Å². The molecule has 4 rings (SSSR count). The molecule has 0 bridgehead atoms. The Labute approximate surface area is 183 Å². The number of ether oxygens (including phenoxy) is 1. The number of hydrogen-bond donors (Lipinski definition) is 0. The maximum Gasteiger partial charge on any atom is 0.416 e. The second kappa shape index (κ2) is 9.25. The Morgan fingerprint density at radius 3 is 2.41 bits per heavy atom. The number of carbonyl (C=O) groups is 1. The molecule has 3 aromatic rings. The number of anilines is 1. The lowest BCUT2D eigenvalue weighted by Gasteiger charge is -2.36. The molecule has 0 N–H and O–H groups in total. The average molecular weight is 442 g/mol. The van der Waals surface area contributed by atoms with Gasteiger partial charge in [0, 0.05) is 37.9 Å². The van der Waals surface area contributed by atoms with E-state index in [0.717, 1.165) is 17.7 Å². The molecule has 1 amide bonds. The second-order valence-corrected chi connectivity index (χ2v) is 7.34. The van der Waals surface area contributed by atoms with Gasteiger partial charge in [0.2, 0.25) is 5.88 Å². The van der Waals surface area contributed by atoms with Crippen molar-refractivity contribution in [1.29, 1.82) is 0 Å². The van der Waals surface area contributed by atoms with Crippen LogP contribution in [0.5, 0.6) is 5.88 Å². The standard InChI is InChI=1S/C23H21F3N4O2/c24-23(25,26)18-7-4-8-19(13-18)29-9-11-30(12-10-29)22(31)20-14-21(28-16-27-20)32-15-17-5-2-1-3-6-17/h1-8,13-14,16H,9-12,15H2. The molecule has 9 heteroatoms. The Balaban J connectivity index is 1.36. The molecule has 1 aromatic heterocycles. The number of amides is 1. The molecule has 1 fully saturated rings. The molecular formula is C23H21F3N4O2. The van der Waals surface area contributed by atoms with Crippen molar-refractivity contribution in [3.8, 4) is 5.88 Å². The normalized spacial score (nSPS) is 14.3. The van der Waals surface area contributed by atoms with Gasteiger partial charge >= 0.3 is 6.18 Å². The SMILES string of the molecule is O=C(c1cc(OCc2ccccc2)ncn1)N1CCN(c2cccc(C(F)(F)F)c2)CC1. The minimum atomic E-state index is -4.39. The Morgan fingerprint density at radius 1 is 0.938 bits per heavy atom. The molecule has 0 aliphatic carbocycles. The van der Waals surface area contributed by atoms with Crippen LogP contribution in [-0.2, 0) is 12.8 Å². The fourth-order valence-corrected chi connectivity index (χ4v) is 3.48. The third-order valence-corrected chi connectivity index (χ3v) is 5.20. The fraction of sp³-hybridized carbons (Fsp3) is 0.261. The summed E-state index contributed by atoms with van der Waals surface area (Å²) >= 11 is 0. The highest BCUT2D eigenvalue weighted by atomic mass is 19.4. The zero-order valence-corrected chi connectivity index (χ0v) is 17.1. The van der Waals surface area contributed by atoms with E-state index in [1.807, 2.05) is 35.2 Å². The minimum absolute atomic E-state index is 0.218. The summed E-state index contributed by atoms with van der Waals surface area (Å²) in [7, 11) is 0. The number of nitrogens with zero attached hydrogens (tertiary/aromatic N) is 4. The Kier molecular flexibility index (Phi) is 6.25. The molecule has 1 aliphatic rings. The quantitative estimate of drug-likeness (QED) is 0.597. The molecule has 0 spiro atoms. The maximum atomic E-state index is 13.0. The summed E-state index contributed by atoms with van der Waals surface area (Å²) in [5, 5.41) is 0. The number of alkyl halides is 3. The largest absolute Gasteiger partial charge is 0.473 e. The van der Waals surface area contributed by atoms with Crippen LogP contribution in [0.25, 0.3) is 0 Å². The number of carbonyl (C=O) groups excluding carboxylic acids is 1. The van der Waals surface area contributed by atoms with E-state index in [-0.39, 0.29) is 11.6 Å². The first-order chi connectivity index (χ1) is 15.4. The molecule has 0 radical (unpaired) electrons. The van der Waals surface area contributed by atoms with Gasteiger partial charge in [0.1, 0.15) is 18.6 Å². The Hall–Kier alpha value is -3.62. The van der Waals surface area contributed by atoms with Crippen molar-refractivity contribution in [2.45, 2.75) is 12.8 Å². The first-order valence-corrected chi connectivity index (χ1v) is 10.1. The lowest BCUT2D eigenvalue weighted by Crippen LogP contribution is -2.49. The van der Waals surface area contributed by atoms with Gasteiger partial charge in [0.15, 0.2) is 0 Å². The van der Waals surface area contributed by atoms with Gasteiger partial charge in [-0.25, -0.2) is 9.97 Å². The van der Waals surface area contributed by atoms with Gasteiger partial charge in [0.05, 0.1) is 5.56 Å². The second-order valence-electron chi connectivity index (χ2n) is 7.34. The first kappa shape index (κ1) is 21.6. The number of rotatable bonds is 5. The predicted molar refractivity (Wildman–Crippen MR) is 112 cm³/mol. The zero-order chi connectivity index (χ0) is 22.6. The third-order valence-electron chi connectivity index (χ3n) is 5.20. The summed E-state index contributed by atoms with van der Waals surface area (Å²) in [5.74, 6) is 0.0375. The molecule has 0 saturated carbocycles. The highest BCUT2D eigenvalue weighted by Crippen LogP contribution is 2.32. The van der Waals surface area contributed by atoms with Crippen LogP contribution in [0.15, 0.2) is 67.0 Å². The van der Waals surface area contributed by atoms with E-state index in [9.17, 15) is 18.0 Å². The van der Waals surface area contributed by atoms with E-state index in [4.69, 9.17) is 4.74 Å². The molecule has 0 unspecified atom stereocenters. The van der Waals surface area contributed by atoms with Gasteiger partial charge in [-0.1, -0.05) is 36.4 Å². The average Bonchev–Trinajstić information content (AvgIpc) is 2.83. The van der Waals surface area contributed by atoms with E-state index >= 15 is 0 Å². The fourth-order valence-electron chi connectivity index (χ4n) is 3.48. The van der Waals surface area contributed by atoms with Crippen LogP contribution in [0.1, 0.15) is 21.6 Å². The summed E-state index contributed by atoms with van der Waals surface area (Å²) in [6, 6.07) is 16.3. The van der Waals surface area contributed by atoms with Crippen LogP contribution in [0, 0.1) is 0 Å². The maximum absolute atomic E-state index is 13.0. The van der Waals surface area contributed by atoms with E-state index in [1.54, 1.807) is 11.0 Å². The molecule has 1 aliphatic heterocycles. The molecule has 6 nitrogen and oxygen atoms in total. The van der Waals surface area contributed by atoms with Crippen molar-refractivity contribution < 1.29 is 22.7 Å². The molecule has 2 heterocycles. The van der Waals surface area contributed by atoms with Crippen molar-refractivity contribution in [3.63, 3.8) is 0 Å². The van der Waals surface area contributed by atoms with Crippen LogP contribution >= 0.6 is 0 Å². The summed E-state index contributed by atoms with van der Waals surface area (Å²) in [6.45, 7) is 1.92. The third kappa shape index (κ3) is 5.16. The van der Waals surface area contributed by atoms with Crippen molar-refractivity contribution in [2.75, 3.05) is 31.1 Å². The number of piperazine rings is 1. The molecule has 1 saturated heterocycles. The minimum Gasteiger partial charge on any atom is -0.473 e. The molecule has 0 atom stereocenters. The lowest BCUT2D eigenvalue weighted by molar-refractivity contribution is -0.137. The van der Waals surface area contributed by atoms with E-state index in [0.29, 0.717) is 44.4 Å². The van der Waals surface area contributed by atoms with E-state index < -0.39 is 11.7 Å². The summed E-state index contributed by atoms with van der Waals surface area (Å²) in [6.07, 6.45) is -3.10. The number of halogens is 3. The highest BCUT2D eigenvalue weighted by Gasteiger charge is 2.31.